The highest BCUT2D eigenvalue weighted by Crippen LogP contribution is 2.23. The highest BCUT2D eigenvalue weighted by molar-refractivity contribution is 7.89. The first-order valence-electron chi connectivity index (χ1n) is 6.82. The summed E-state index contributed by atoms with van der Waals surface area (Å²) in [4.78, 5) is -0.269. The number of hydrogen-bond donors (Lipinski definition) is 0. The number of halogens is 1. The van der Waals surface area contributed by atoms with Gasteiger partial charge in [-0.3, -0.25) is 0 Å². The summed E-state index contributed by atoms with van der Waals surface area (Å²) in [6.45, 7) is 3.00. The van der Waals surface area contributed by atoms with Crippen LogP contribution in [0.3, 0.4) is 0 Å². The molecule has 1 atom stereocenters. The lowest BCUT2D eigenvalue weighted by atomic mass is 10.2. The highest BCUT2D eigenvalue weighted by Gasteiger charge is 2.32. The molecule has 0 amide bonds. The van der Waals surface area contributed by atoms with Crippen molar-refractivity contribution in [3.05, 3.63) is 29.6 Å². The second kappa shape index (κ2) is 6.83. The monoisotopic (exact) mass is 317 g/mol. The smallest absolute Gasteiger partial charge is 0.246 e. The first-order valence-corrected chi connectivity index (χ1v) is 8.26. The second-order valence-electron chi connectivity index (χ2n) is 5.07. The molecule has 2 rings (SSSR count). The van der Waals surface area contributed by atoms with Gasteiger partial charge in [0.05, 0.1) is 12.7 Å². The summed E-state index contributed by atoms with van der Waals surface area (Å²) < 4.78 is 50.8. The molecule has 0 radical (unpaired) electrons. The van der Waals surface area contributed by atoms with Crippen LogP contribution in [0.5, 0.6) is 0 Å². The number of morpholine rings is 1. The molecule has 5 nitrogen and oxygen atoms in total. The van der Waals surface area contributed by atoms with Gasteiger partial charge in [-0.05, 0) is 31.0 Å². The highest BCUT2D eigenvalue weighted by atomic mass is 32.2. The van der Waals surface area contributed by atoms with Crippen LogP contribution in [0.1, 0.15) is 12.0 Å². The molecule has 0 N–H and O–H groups in total. The minimum Gasteiger partial charge on any atom is -0.385 e. The minimum absolute atomic E-state index is 0.221. The number of nitrogens with zero attached hydrogens (tertiary/aromatic N) is 1. The van der Waals surface area contributed by atoms with Gasteiger partial charge in [-0.25, -0.2) is 12.8 Å². The van der Waals surface area contributed by atoms with Gasteiger partial charge >= 0.3 is 0 Å². The summed E-state index contributed by atoms with van der Waals surface area (Å²) in [5, 5.41) is 0. The van der Waals surface area contributed by atoms with Crippen molar-refractivity contribution in [1.29, 1.82) is 0 Å². The normalized spacial score (nSPS) is 20.6. The molecule has 1 saturated heterocycles. The van der Waals surface area contributed by atoms with Crippen LogP contribution in [0.2, 0.25) is 0 Å². The van der Waals surface area contributed by atoms with Crippen LogP contribution in [0, 0.1) is 12.7 Å². The Balaban J connectivity index is 2.20. The third-order valence-electron chi connectivity index (χ3n) is 3.45. The molecular formula is C14H20FNO4S. The fraction of sp³-hybridized carbons (Fsp3) is 0.571. The van der Waals surface area contributed by atoms with Crippen molar-refractivity contribution in [1.82, 2.24) is 4.31 Å². The van der Waals surface area contributed by atoms with E-state index in [0.717, 1.165) is 0 Å². The van der Waals surface area contributed by atoms with Crippen LogP contribution in [-0.4, -0.2) is 52.2 Å². The van der Waals surface area contributed by atoms with E-state index in [1.54, 1.807) is 20.1 Å². The Morgan fingerprint density at radius 1 is 1.48 bits per heavy atom. The van der Waals surface area contributed by atoms with Crippen LogP contribution in [0.15, 0.2) is 23.1 Å². The van der Waals surface area contributed by atoms with Crippen LogP contribution >= 0.6 is 0 Å². The number of sulfonamides is 1. The molecule has 1 unspecified atom stereocenters. The zero-order valence-electron chi connectivity index (χ0n) is 12.2. The molecule has 0 saturated carbocycles. The van der Waals surface area contributed by atoms with E-state index < -0.39 is 15.8 Å². The van der Waals surface area contributed by atoms with Gasteiger partial charge in [-0.1, -0.05) is 6.07 Å². The zero-order chi connectivity index (χ0) is 15.5. The summed E-state index contributed by atoms with van der Waals surface area (Å²) in [6.07, 6.45) is 0.389. The number of hydrogen-bond acceptors (Lipinski definition) is 4. The summed E-state index contributed by atoms with van der Waals surface area (Å²) in [5.74, 6) is -0.722. The van der Waals surface area contributed by atoms with E-state index in [2.05, 4.69) is 0 Å². The standard InChI is InChI=1S/C14H20FNO4S/c1-11-3-4-13(15)14(9-11)21(17,18)16-6-8-20-12(10-16)5-7-19-2/h3-4,9,12H,5-8,10H2,1-2H3. The molecule has 1 aliphatic heterocycles. The summed E-state index contributed by atoms with van der Waals surface area (Å²) in [7, 11) is -2.25. The van der Waals surface area contributed by atoms with Crippen LogP contribution in [0.4, 0.5) is 4.39 Å². The molecule has 1 fully saturated rings. The minimum atomic E-state index is -3.84. The Labute approximate surface area is 124 Å². The molecule has 0 bridgehead atoms. The third kappa shape index (κ3) is 3.79. The third-order valence-corrected chi connectivity index (χ3v) is 5.33. The van der Waals surface area contributed by atoms with Gasteiger partial charge in [0.25, 0.3) is 0 Å². The van der Waals surface area contributed by atoms with Crippen molar-refractivity contribution in [2.45, 2.75) is 24.3 Å². The summed E-state index contributed by atoms with van der Waals surface area (Å²) in [6, 6.07) is 4.10. The van der Waals surface area contributed by atoms with E-state index in [9.17, 15) is 12.8 Å². The van der Waals surface area contributed by atoms with Crippen molar-refractivity contribution in [3.63, 3.8) is 0 Å². The van der Waals surface area contributed by atoms with Gasteiger partial charge in [0, 0.05) is 26.8 Å². The van der Waals surface area contributed by atoms with Crippen molar-refractivity contribution in [3.8, 4) is 0 Å². The molecule has 0 aromatic heterocycles. The lowest BCUT2D eigenvalue weighted by Crippen LogP contribution is -2.46. The molecule has 1 heterocycles. The molecule has 0 spiro atoms. The average molecular weight is 317 g/mol. The maximum atomic E-state index is 13.9. The number of ether oxygens (including phenoxy) is 2. The molecule has 118 valence electrons. The maximum Gasteiger partial charge on any atom is 0.246 e. The van der Waals surface area contributed by atoms with E-state index in [0.29, 0.717) is 25.2 Å². The van der Waals surface area contributed by atoms with Gasteiger partial charge < -0.3 is 9.47 Å². The number of rotatable bonds is 5. The second-order valence-corrected chi connectivity index (χ2v) is 6.98. The SMILES string of the molecule is COCCC1CN(S(=O)(=O)c2cc(C)ccc2F)CCO1. The topological polar surface area (TPSA) is 55.8 Å². The Hall–Kier alpha value is -1.02. The molecule has 7 heteroatoms. The first kappa shape index (κ1) is 16.4. The fourth-order valence-electron chi connectivity index (χ4n) is 2.28. The predicted molar refractivity (Wildman–Crippen MR) is 76.1 cm³/mol. The average Bonchev–Trinajstić information content (AvgIpc) is 2.48. The van der Waals surface area contributed by atoms with Crippen molar-refractivity contribution in [2.75, 3.05) is 33.4 Å². The van der Waals surface area contributed by atoms with Crippen molar-refractivity contribution in [2.24, 2.45) is 0 Å². The van der Waals surface area contributed by atoms with E-state index in [-0.39, 0.29) is 24.1 Å². The lowest BCUT2D eigenvalue weighted by molar-refractivity contribution is -0.0168. The van der Waals surface area contributed by atoms with E-state index >= 15 is 0 Å². The van der Waals surface area contributed by atoms with Gasteiger partial charge in [0.15, 0.2) is 0 Å². The van der Waals surface area contributed by atoms with Crippen LogP contribution in [0.25, 0.3) is 0 Å². The largest absolute Gasteiger partial charge is 0.385 e. The maximum absolute atomic E-state index is 13.9. The Kier molecular flexibility index (Phi) is 5.32. The molecular weight excluding hydrogens is 297 g/mol. The van der Waals surface area contributed by atoms with E-state index in [1.807, 2.05) is 0 Å². The molecule has 21 heavy (non-hydrogen) atoms. The Morgan fingerprint density at radius 3 is 2.95 bits per heavy atom. The first-order chi connectivity index (χ1) is 9.95. The molecule has 1 aliphatic rings. The number of methoxy groups -OCH3 is 1. The fourth-order valence-corrected chi connectivity index (χ4v) is 3.89. The quantitative estimate of drug-likeness (QED) is 0.827. The molecule has 1 aromatic carbocycles. The zero-order valence-corrected chi connectivity index (χ0v) is 13.0. The van der Waals surface area contributed by atoms with Crippen LogP contribution < -0.4 is 0 Å². The van der Waals surface area contributed by atoms with Crippen molar-refractivity contribution >= 4 is 10.0 Å². The summed E-state index contributed by atoms with van der Waals surface area (Å²) in [5.41, 5.74) is 0.708. The van der Waals surface area contributed by atoms with E-state index in [4.69, 9.17) is 9.47 Å². The predicted octanol–water partition coefficient (Wildman–Crippen LogP) is 1.56. The number of aryl methyl sites for hydroxylation is 1. The van der Waals surface area contributed by atoms with Crippen molar-refractivity contribution < 1.29 is 22.3 Å². The lowest BCUT2D eigenvalue weighted by Gasteiger charge is -2.32. The summed E-state index contributed by atoms with van der Waals surface area (Å²) >= 11 is 0. The van der Waals surface area contributed by atoms with Gasteiger partial charge in [-0.2, -0.15) is 4.31 Å². The van der Waals surface area contributed by atoms with E-state index in [1.165, 1.54) is 16.4 Å². The number of benzene rings is 1. The molecule has 0 aliphatic carbocycles. The van der Waals surface area contributed by atoms with Gasteiger partial charge in [0.2, 0.25) is 10.0 Å². The van der Waals surface area contributed by atoms with Crippen LogP contribution in [-0.2, 0) is 19.5 Å². The van der Waals surface area contributed by atoms with Gasteiger partial charge in [0.1, 0.15) is 10.7 Å². The molecule has 1 aromatic rings. The Bertz CT molecular complexity index is 591. The van der Waals surface area contributed by atoms with Gasteiger partial charge in [-0.15, -0.1) is 0 Å². The Morgan fingerprint density at radius 2 is 2.24 bits per heavy atom.